The molecular formula is C12H8ClNO2. The van der Waals surface area contributed by atoms with Crippen LogP contribution >= 0.6 is 11.6 Å². The predicted octanol–water partition coefficient (Wildman–Crippen LogP) is 3.10. The number of hydrogen-bond donors (Lipinski definition) is 1. The van der Waals surface area contributed by atoms with Crippen molar-refractivity contribution in [2.45, 2.75) is 0 Å². The van der Waals surface area contributed by atoms with E-state index in [4.69, 9.17) is 16.7 Å². The first kappa shape index (κ1) is 10.6. The summed E-state index contributed by atoms with van der Waals surface area (Å²) in [7, 11) is 0. The summed E-state index contributed by atoms with van der Waals surface area (Å²) < 4.78 is 0. The van der Waals surface area contributed by atoms with E-state index in [0.29, 0.717) is 5.02 Å². The van der Waals surface area contributed by atoms with Gasteiger partial charge in [0.05, 0.1) is 10.6 Å². The highest BCUT2D eigenvalue weighted by Gasteiger charge is 2.05. The number of carboxylic acids is 1. The van der Waals surface area contributed by atoms with E-state index in [9.17, 15) is 4.79 Å². The third kappa shape index (κ3) is 2.04. The summed E-state index contributed by atoms with van der Waals surface area (Å²) in [6, 6.07) is 8.34. The van der Waals surface area contributed by atoms with Crippen LogP contribution in [0.3, 0.4) is 0 Å². The minimum Gasteiger partial charge on any atom is -0.478 e. The number of pyridine rings is 1. The van der Waals surface area contributed by atoms with Gasteiger partial charge in [0.25, 0.3) is 0 Å². The first-order chi connectivity index (χ1) is 7.68. The minimum atomic E-state index is -0.938. The summed E-state index contributed by atoms with van der Waals surface area (Å²) in [5, 5.41) is 9.31. The van der Waals surface area contributed by atoms with Crippen LogP contribution in [0, 0.1) is 0 Å². The second kappa shape index (κ2) is 4.33. The topological polar surface area (TPSA) is 50.2 Å². The van der Waals surface area contributed by atoms with Gasteiger partial charge >= 0.3 is 5.97 Å². The highest BCUT2D eigenvalue weighted by atomic mass is 35.5. The maximum absolute atomic E-state index is 10.7. The molecule has 1 heterocycles. The van der Waals surface area contributed by atoms with Crippen molar-refractivity contribution < 1.29 is 9.90 Å². The Morgan fingerprint density at radius 3 is 2.44 bits per heavy atom. The molecule has 16 heavy (non-hydrogen) atoms. The Kier molecular flexibility index (Phi) is 2.88. The number of carbonyl (C=O) groups is 1. The Morgan fingerprint density at radius 2 is 1.88 bits per heavy atom. The SMILES string of the molecule is O=C(O)c1ccc(-c2ccncc2Cl)cc1. The molecule has 80 valence electrons. The molecule has 1 N–H and O–H groups in total. The van der Waals surface area contributed by atoms with E-state index in [1.807, 2.05) is 0 Å². The first-order valence-electron chi connectivity index (χ1n) is 4.62. The third-order valence-corrected chi connectivity index (χ3v) is 2.52. The van der Waals surface area contributed by atoms with Crippen LogP contribution in [0.15, 0.2) is 42.7 Å². The lowest BCUT2D eigenvalue weighted by Gasteiger charge is -2.03. The van der Waals surface area contributed by atoms with E-state index in [0.717, 1.165) is 11.1 Å². The van der Waals surface area contributed by atoms with Crippen LogP contribution in [0.25, 0.3) is 11.1 Å². The molecule has 0 spiro atoms. The Labute approximate surface area is 97.3 Å². The van der Waals surface area contributed by atoms with E-state index < -0.39 is 5.97 Å². The molecule has 4 heteroatoms. The molecule has 0 saturated carbocycles. The van der Waals surface area contributed by atoms with Crippen molar-refractivity contribution in [3.63, 3.8) is 0 Å². The zero-order chi connectivity index (χ0) is 11.5. The minimum absolute atomic E-state index is 0.258. The molecule has 0 fully saturated rings. The van der Waals surface area contributed by atoms with Gasteiger partial charge in [-0.2, -0.15) is 0 Å². The molecule has 3 nitrogen and oxygen atoms in total. The summed E-state index contributed by atoms with van der Waals surface area (Å²) in [5.74, 6) is -0.938. The van der Waals surface area contributed by atoms with Crippen molar-refractivity contribution in [2.24, 2.45) is 0 Å². The number of aromatic carboxylic acids is 1. The highest BCUT2D eigenvalue weighted by molar-refractivity contribution is 6.33. The molecule has 0 aliphatic carbocycles. The standard InChI is InChI=1S/C12H8ClNO2/c13-11-7-14-6-5-10(11)8-1-3-9(4-2-8)12(15)16/h1-7H,(H,15,16). The lowest BCUT2D eigenvalue weighted by atomic mass is 10.1. The van der Waals surface area contributed by atoms with Gasteiger partial charge in [0.2, 0.25) is 0 Å². The Balaban J connectivity index is 2.43. The molecule has 0 amide bonds. The maximum atomic E-state index is 10.7. The summed E-state index contributed by atoms with van der Waals surface area (Å²) in [4.78, 5) is 14.6. The molecule has 0 saturated heterocycles. The normalized spacial score (nSPS) is 10.1. The van der Waals surface area contributed by atoms with Crippen LogP contribution < -0.4 is 0 Å². The van der Waals surface area contributed by atoms with Gasteiger partial charge in [-0.15, -0.1) is 0 Å². The van der Waals surface area contributed by atoms with E-state index in [-0.39, 0.29) is 5.56 Å². The zero-order valence-corrected chi connectivity index (χ0v) is 8.98. The van der Waals surface area contributed by atoms with Crippen molar-refractivity contribution in [2.75, 3.05) is 0 Å². The number of rotatable bonds is 2. The fourth-order valence-corrected chi connectivity index (χ4v) is 1.63. The van der Waals surface area contributed by atoms with Gasteiger partial charge in [-0.3, -0.25) is 4.98 Å². The van der Waals surface area contributed by atoms with Crippen molar-refractivity contribution in [1.29, 1.82) is 0 Å². The molecule has 0 aliphatic rings. The third-order valence-electron chi connectivity index (χ3n) is 2.22. The molecule has 1 aromatic carbocycles. The number of carboxylic acid groups (broad SMARTS) is 1. The first-order valence-corrected chi connectivity index (χ1v) is 4.99. The number of benzene rings is 1. The fourth-order valence-electron chi connectivity index (χ4n) is 1.40. The Morgan fingerprint density at radius 1 is 1.19 bits per heavy atom. The molecule has 0 bridgehead atoms. The molecule has 1 aromatic heterocycles. The smallest absolute Gasteiger partial charge is 0.335 e. The number of hydrogen-bond acceptors (Lipinski definition) is 2. The van der Waals surface area contributed by atoms with Crippen LogP contribution in [-0.4, -0.2) is 16.1 Å². The number of nitrogens with zero attached hydrogens (tertiary/aromatic N) is 1. The molecule has 0 unspecified atom stereocenters. The van der Waals surface area contributed by atoms with Crippen molar-refractivity contribution >= 4 is 17.6 Å². The van der Waals surface area contributed by atoms with Crippen LogP contribution in [0.1, 0.15) is 10.4 Å². The van der Waals surface area contributed by atoms with Crippen molar-refractivity contribution in [1.82, 2.24) is 4.98 Å². The monoisotopic (exact) mass is 233 g/mol. The Hall–Kier alpha value is -1.87. The van der Waals surface area contributed by atoms with Crippen molar-refractivity contribution in [3.8, 4) is 11.1 Å². The summed E-state index contributed by atoms with van der Waals surface area (Å²) >= 11 is 5.98. The number of aromatic nitrogens is 1. The Bertz CT molecular complexity index is 523. The molecule has 0 atom stereocenters. The second-order valence-electron chi connectivity index (χ2n) is 3.24. The van der Waals surface area contributed by atoms with E-state index in [1.54, 1.807) is 42.7 Å². The van der Waals surface area contributed by atoms with Crippen LogP contribution in [0.2, 0.25) is 5.02 Å². The lowest BCUT2D eigenvalue weighted by molar-refractivity contribution is 0.0697. The van der Waals surface area contributed by atoms with E-state index in [1.165, 1.54) is 0 Å². The average molecular weight is 234 g/mol. The summed E-state index contributed by atoms with van der Waals surface area (Å²) in [5.41, 5.74) is 1.97. The van der Waals surface area contributed by atoms with Gasteiger partial charge in [0.1, 0.15) is 0 Å². The zero-order valence-electron chi connectivity index (χ0n) is 8.22. The van der Waals surface area contributed by atoms with Gasteiger partial charge in [0, 0.05) is 18.0 Å². The molecule has 2 rings (SSSR count). The molecule has 0 aliphatic heterocycles. The molecule has 0 radical (unpaired) electrons. The summed E-state index contributed by atoms with van der Waals surface area (Å²) in [6.45, 7) is 0. The van der Waals surface area contributed by atoms with Crippen LogP contribution in [0.4, 0.5) is 0 Å². The second-order valence-corrected chi connectivity index (χ2v) is 3.65. The van der Waals surface area contributed by atoms with E-state index >= 15 is 0 Å². The van der Waals surface area contributed by atoms with Gasteiger partial charge in [0.15, 0.2) is 0 Å². The molecule has 2 aromatic rings. The fraction of sp³-hybridized carbons (Fsp3) is 0. The van der Waals surface area contributed by atoms with Crippen LogP contribution in [-0.2, 0) is 0 Å². The van der Waals surface area contributed by atoms with Gasteiger partial charge in [-0.25, -0.2) is 4.79 Å². The van der Waals surface area contributed by atoms with Gasteiger partial charge in [-0.1, -0.05) is 23.7 Å². The van der Waals surface area contributed by atoms with E-state index in [2.05, 4.69) is 4.98 Å². The number of halogens is 1. The predicted molar refractivity (Wildman–Crippen MR) is 61.6 cm³/mol. The molecular weight excluding hydrogens is 226 g/mol. The largest absolute Gasteiger partial charge is 0.478 e. The highest BCUT2D eigenvalue weighted by Crippen LogP contribution is 2.26. The average Bonchev–Trinajstić information content (AvgIpc) is 2.30. The maximum Gasteiger partial charge on any atom is 0.335 e. The summed E-state index contributed by atoms with van der Waals surface area (Å²) in [6.07, 6.45) is 3.20. The quantitative estimate of drug-likeness (QED) is 0.867. The van der Waals surface area contributed by atoms with Gasteiger partial charge < -0.3 is 5.11 Å². The lowest BCUT2D eigenvalue weighted by Crippen LogP contribution is -1.95. The van der Waals surface area contributed by atoms with Gasteiger partial charge in [-0.05, 0) is 23.8 Å². The van der Waals surface area contributed by atoms with Crippen LogP contribution in [0.5, 0.6) is 0 Å². The van der Waals surface area contributed by atoms with Crippen molar-refractivity contribution in [3.05, 3.63) is 53.3 Å².